The topological polar surface area (TPSA) is 38.7 Å². The Kier molecular flexibility index (Phi) is 4.54. The summed E-state index contributed by atoms with van der Waals surface area (Å²) in [6.07, 6.45) is 1.83. The molecule has 1 atom stereocenters. The summed E-state index contributed by atoms with van der Waals surface area (Å²) >= 11 is 0. The minimum Gasteiger partial charge on any atom is -0.388 e. The lowest BCUT2D eigenvalue weighted by Gasteiger charge is -2.24. The van der Waals surface area contributed by atoms with E-state index in [4.69, 9.17) is 9.47 Å². The first-order valence-corrected chi connectivity index (χ1v) is 6.24. The molecular weight excluding hydrogens is 216 g/mol. The first-order chi connectivity index (χ1) is 8.27. The summed E-state index contributed by atoms with van der Waals surface area (Å²) in [5, 5.41) is 10.1. The van der Waals surface area contributed by atoms with Gasteiger partial charge in [-0.25, -0.2) is 0 Å². The molecule has 1 fully saturated rings. The zero-order valence-corrected chi connectivity index (χ0v) is 10.3. The van der Waals surface area contributed by atoms with Gasteiger partial charge in [0, 0.05) is 6.42 Å². The van der Waals surface area contributed by atoms with Gasteiger partial charge in [-0.3, -0.25) is 0 Å². The summed E-state index contributed by atoms with van der Waals surface area (Å²) in [6, 6.07) is 7.94. The van der Waals surface area contributed by atoms with Crippen molar-refractivity contribution in [2.24, 2.45) is 0 Å². The third-order valence-corrected chi connectivity index (χ3v) is 3.12. The lowest BCUT2D eigenvalue weighted by Crippen LogP contribution is -2.25. The maximum Gasteiger partial charge on any atom is 0.157 e. The molecule has 3 nitrogen and oxygen atoms in total. The average Bonchev–Trinajstić information content (AvgIpc) is 2.38. The Morgan fingerprint density at radius 3 is 2.71 bits per heavy atom. The normalized spacial score (nSPS) is 19.2. The van der Waals surface area contributed by atoms with Gasteiger partial charge in [-0.05, 0) is 30.9 Å². The molecule has 1 aromatic rings. The summed E-state index contributed by atoms with van der Waals surface area (Å²) in [4.78, 5) is 0. The van der Waals surface area contributed by atoms with Gasteiger partial charge in [0.1, 0.15) is 0 Å². The molecule has 1 heterocycles. The molecular formula is C14H20O3. The molecule has 1 N–H and O–H groups in total. The van der Waals surface area contributed by atoms with Crippen molar-refractivity contribution < 1.29 is 14.6 Å². The quantitative estimate of drug-likeness (QED) is 0.873. The molecule has 3 heteroatoms. The van der Waals surface area contributed by atoms with Crippen LogP contribution in [0.4, 0.5) is 0 Å². The highest BCUT2D eigenvalue weighted by Crippen LogP contribution is 2.23. The maximum atomic E-state index is 10.1. The van der Waals surface area contributed by atoms with Crippen LogP contribution in [-0.2, 0) is 9.47 Å². The van der Waals surface area contributed by atoms with Crippen LogP contribution in [0.25, 0.3) is 0 Å². The van der Waals surface area contributed by atoms with Gasteiger partial charge in [0.15, 0.2) is 6.29 Å². The number of rotatable bonds is 4. The lowest BCUT2D eigenvalue weighted by atomic mass is 10.00. The summed E-state index contributed by atoms with van der Waals surface area (Å²) < 4.78 is 10.9. The first-order valence-electron chi connectivity index (χ1n) is 6.24. The van der Waals surface area contributed by atoms with Gasteiger partial charge in [-0.1, -0.05) is 24.3 Å². The minimum atomic E-state index is -0.426. The fraction of sp³-hybridized carbons (Fsp3) is 0.571. The highest BCUT2D eigenvalue weighted by atomic mass is 16.7. The second kappa shape index (κ2) is 6.15. The number of hydrogen-bond acceptors (Lipinski definition) is 3. The van der Waals surface area contributed by atoms with Crippen molar-refractivity contribution >= 4 is 0 Å². The molecule has 1 aliphatic rings. The molecule has 1 aliphatic heterocycles. The van der Waals surface area contributed by atoms with E-state index in [0.29, 0.717) is 6.42 Å². The van der Waals surface area contributed by atoms with E-state index in [1.165, 1.54) is 0 Å². The Morgan fingerprint density at radius 2 is 2.00 bits per heavy atom. The standard InChI is InChI=1S/C14H20O3/c1-11-5-2-3-6-12(11)13(15)7-8-14-16-9-4-10-17-14/h2-3,5-6,13-15H,4,7-10H2,1H3. The van der Waals surface area contributed by atoms with Gasteiger partial charge >= 0.3 is 0 Å². The van der Waals surface area contributed by atoms with Crippen LogP contribution in [0.5, 0.6) is 0 Å². The van der Waals surface area contributed by atoms with E-state index in [0.717, 1.165) is 37.2 Å². The number of aliphatic hydroxyl groups is 1. The Hall–Kier alpha value is -0.900. The fourth-order valence-electron chi connectivity index (χ4n) is 2.11. The van der Waals surface area contributed by atoms with E-state index in [1.54, 1.807) is 0 Å². The highest BCUT2D eigenvalue weighted by molar-refractivity contribution is 5.27. The number of aryl methyl sites for hydroxylation is 1. The van der Waals surface area contributed by atoms with Crippen molar-refractivity contribution in [2.45, 2.75) is 38.6 Å². The maximum absolute atomic E-state index is 10.1. The largest absolute Gasteiger partial charge is 0.388 e. The van der Waals surface area contributed by atoms with Crippen LogP contribution in [0.15, 0.2) is 24.3 Å². The third-order valence-electron chi connectivity index (χ3n) is 3.12. The summed E-state index contributed by atoms with van der Waals surface area (Å²) in [5.74, 6) is 0. The Morgan fingerprint density at radius 1 is 1.29 bits per heavy atom. The van der Waals surface area contributed by atoms with Crippen LogP contribution in [-0.4, -0.2) is 24.6 Å². The molecule has 0 saturated carbocycles. The van der Waals surface area contributed by atoms with Crippen molar-refractivity contribution in [3.63, 3.8) is 0 Å². The van der Waals surface area contributed by atoms with E-state index in [-0.39, 0.29) is 6.29 Å². The smallest absolute Gasteiger partial charge is 0.157 e. The second-order valence-corrected chi connectivity index (χ2v) is 4.47. The Balaban J connectivity index is 1.84. The van der Waals surface area contributed by atoms with Crippen LogP contribution in [0, 0.1) is 6.92 Å². The molecule has 1 aromatic carbocycles. The van der Waals surface area contributed by atoms with Crippen molar-refractivity contribution in [1.82, 2.24) is 0 Å². The monoisotopic (exact) mass is 236 g/mol. The number of hydrogen-bond donors (Lipinski definition) is 1. The molecule has 0 aliphatic carbocycles. The molecule has 0 aromatic heterocycles. The van der Waals surface area contributed by atoms with Crippen LogP contribution in [0.2, 0.25) is 0 Å². The van der Waals surface area contributed by atoms with Crippen LogP contribution >= 0.6 is 0 Å². The lowest BCUT2D eigenvalue weighted by molar-refractivity contribution is -0.183. The van der Waals surface area contributed by atoms with Crippen LogP contribution in [0.3, 0.4) is 0 Å². The zero-order valence-electron chi connectivity index (χ0n) is 10.3. The van der Waals surface area contributed by atoms with E-state index < -0.39 is 6.10 Å². The molecule has 0 radical (unpaired) electrons. The summed E-state index contributed by atoms with van der Waals surface area (Å²) in [6.45, 7) is 3.56. The Bertz CT molecular complexity index is 345. The molecule has 1 unspecified atom stereocenters. The highest BCUT2D eigenvalue weighted by Gasteiger charge is 2.17. The van der Waals surface area contributed by atoms with Crippen molar-refractivity contribution in [3.8, 4) is 0 Å². The third kappa shape index (κ3) is 3.53. The first kappa shape index (κ1) is 12.6. The SMILES string of the molecule is Cc1ccccc1C(O)CCC1OCCCO1. The number of benzene rings is 1. The number of aliphatic hydroxyl groups excluding tert-OH is 1. The second-order valence-electron chi connectivity index (χ2n) is 4.47. The Labute approximate surface area is 102 Å². The fourth-order valence-corrected chi connectivity index (χ4v) is 2.11. The van der Waals surface area contributed by atoms with Crippen molar-refractivity contribution in [1.29, 1.82) is 0 Å². The minimum absolute atomic E-state index is 0.137. The number of ether oxygens (including phenoxy) is 2. The van der Waals surface area contributed by atoms with Crippen molar-refractivity contribution in [3.05, 3.63) is 35.4 Å². The van der Waals surface area contributed by atoms with Crippen molar-refractivity contribution in [2.75, 3.05) is 13.2 Å². The molecule has 0 amide bonds. The summed E-state index contributed by atoms with van der Waals surface area (Å²) in [7, 11) is 0. The van der Waals surface area contributed by atoms with Crippen LogP contribution in [0.1, 0.15) is 36.5 Å². The zero-order chi connectivity index (χ0) is 12.1. The van der Waals surface area contributed by atoms with Gasteiger partial charge in [0.25, 0.3) is 0 Å². The van der Waals surface area contributed by atoms with Gasteiger partial charge in [-0.15, -0.1) is 0 Å². The molecule has 94 valence electrons. The molecule has 0 spiro atoms. The van der Waals surface area contributed by atoms with E-state index in [9.17, 15) is 5.11 Å². The predicted octanol–water partition coefficient (Wildman–Crippen LogP) is 2.57. The predicted molar refractivity (Wildman–Crippen MR) is 65.7 cm³/mol. The molecule has 1 saturated heterocycles. The van der Waals surface area contributed by atoms with E-state index >= 15 is 0 Å². The van der Waals surface area contributed by atoms with Gasteiger partial charge in [0.05, 0.1) is 19.3 Å². The molecule has 2 rings (SSSR count). The summed E-state index contributed by atoms with van der Waals surface area (Å²) in [5.41, 5.74) is 2.13. The van der Waals surface area contributed by atoms with Crippen LogP contribution < -0.4 is 0 Å². The van der Waals surface area contributed by atoms with Gasteiger partial charge < -0.3 is 14.6 Å². The average molecular weight is 236 g/mol. The molecule has 0 bridgehead atoms. The molecule has 17 heavy (non-hydrogen) atoms. The van der Waals surface area contributed by atoms with Gasteiger partial charge in [-0.2, -0.15) is 0 Å². The van der Waals surface area contributed by atoms with Gasteiger partial charge in [0.2, 0.25) is 0 Å². The van der Waals surface area contributed by atoms with E-state index in [1.807, 2.05) is 31.2 Å². The van der Waals surface area contributed by atoms with E-state index in [2.05, 4.69) is 0 Å².